The fourth-order valence-electron chi connectivity index (χ4n) is 3.55. The Labute approximate surface area is 193 Å². The molecule has 0 aliphatic carbocycles. The first-order valence-electron chi connectivity index (χ1n) is 10.6. The second-order valence-electron chi connectivity index (χ2n) is 7.65. The lowest BCUT2D eigenvalue weighted by atomic mass is 10.1. The Morgan fingerprint density at radius 3 is 2.55 bits per heavy atom. The Balaban J connectivity index is 1.89. The summed E-state index contributed by atoms with van der Waals surface area (Å²) in [4.78, 5) is 39.8. The van der Waals surface area contributed by atoms with Crippen LogP contribution in [0.2, 0.25) is 0 Å². The van der Waals surface area contributed by atoms with Gasteiger partial charge in [-0.05, 0) is 43.2 Å². The highest BCUT2D eigenvalue weighted by atomic mass is 32.2. The summed E-state index contributed by atoms with van der Waals surface area (Å²) in [5.74, 6) is -1.22. The number of amides is 3. The molecular formula is C23H27N3O6S. The summed E-state index contributed by atoms with van der Waals surface area (Å²) in [6.07, 6.45) is 0.723. The fourth-order valence-corrected chi connectivity index (χ4v) is 5.07. The lowest BCUT2D eigenvalue weighted by molar-refractivity contribution is -0.140. The number of rotatable bonds is 9. The maximum atomic E-state index is 13.3. The van der Waals surface area contributed by atoms with Crippen molar-refractivity contribution in [3.05, 3.63) is 59.7 Å². The molecule has 0 bridgehead atoms. The van der Waals surface area contributed by atoms with Crippen molar-refractivity contribution >= 4 is 27.7 Å². The average molecular weight is 474 g/mol. The third kappa shape index (κ3) is 5.00. The molecule has 0 unspecified atom stereocenters. The molecule has 0 fully saturated rings. The van der Waals surface area contributed by atoms with Crippen molar-refractivity contribution in [2.75, 3.05) is 20.2 Å². The van der Waals surface area contributed by atoms with Crippen molar-refractivity contribution in [1.29, 1.82) is 0 Å². The van der Waals surface area contributed by atoms with E-state index in [-0.39, 0.29) is 22.9 Å². The summed E-state index contributed by atoms with van der Waals surface area (Å²) in [6.45, 7) is 3.25. The van der Waals surface area contributed by atoms with E-state index in [9.17, 15) is 22.8 Å². The smallest absolute Gasteiger partial charge is 0.269 e. The van der Waals surface area contributed by atoms with Gasteiger partial charge in [0.05, 0.1) is 12.7 Å². The van der Waals surface area contributed by atoms with Gasteiger partial charge in [0.15, 0.2) is 0 Å². The highest BCUT2D eigenvalue weighted by Gasteiger charge is 2.43. The molecule has 2 aromatic rings. The van der Waals surface area contributed by atoms with Crippen molar-refractivity contribution in [2.45, 2.75) is 37.8 Å². The molecule has 9 nitrogen and oxygen atoms in total. The van der Waals surface area contributed by atoms with E-state index >= 15 is 0 Å². The number of carbonyl (C=O) groups excluding carboxylic acids is 3. The van der Waals surface area contributed by atoms with Crippen LogP contribution >= 0.6 is 0 Å². The molecule has 2 aromatic carbocycles. The van der Waals surface area contributed by atoms with E-state index in [4.69, 9.17) is 4.74 Å². The van der Waals surface area contributed by atoms with E-state index in [0.29, 0.717) is 22.2 Å². The highest BCUT2D eigenvalue weighted by Crippen LogP contribution is 2.30. The maximum absolute atomic E-state index is 13.3. The molecule has 1 N–H and O–H groups in total. The van der Waals surface area contributed by atoms with E-state index in [1.165, 1.54) is 30.2 Å². The predicted octanol–water partition coefficient (Wildman–Crippen LogP) is 1.78. The van der Waals surface area contributed by atoms with Crippen LogP contribution in [0.5, 0.6) is 5.75 Å². The zero-order valence-corrected chi connectivity index (χ0v) is 19.6. The van der Waals surface area contributed by atoms with Crippen molar-refractivity contribution in [3.8, 4) is 5.75 Å². The second-order valence-corrected chi connectivity index (χ2v) is 9.48. The molecule has 33 heavy (non-hydrogen) atoms. The van der Waals surface area contributed by atoms with Crippen LogP contribution < -0.4 is 10.1 Å². The fraction of sp³-hybridized carbons (Fsp3) is 0.348. The summed E-state index contributed by atoms with van der Waals surface area (Å²) in [5, 5.41) is 2.75. The SMILES string of the molecule is CCCNC(=O)[C@@H](C)N(Cc1cccc(OC)c1)C(=O)CN1C(=O)c2ccccc2S1(=O)=O. The highest BCUT2D eigenvalue weighted by molar-refractivity contribution is 7.90. The Morgan fingerprint density at radius 2 is 1.88 bits per heavy atom. The summed E-state index contributed by atoms with van der Waals surface area (Å²) < 4.78 is 31.5. The molecule has 1 heterocycles. The number of methoxy groups -OCH3 is 1. The predicted molar refractivity (Wildman–Crippen MR) is 121 cm³/mol. The van der Waals surface area contributed by atoms with Crippen molar-refractivity contribution < 1.29 is 27.5 Å². The topological polar surface area (TPSA) is 113 Å². The largest absolute Gasteiger partial charge is 0.497 e. The number of nitrogens with one attached hydrogen (secondary N) is 1. The van der Waals surface area contributed by atoms with Gasteiger partial charge in [0.25, 0.3) is 15.9 Å². The molecule has 0 spiro atoms. The van der Waals surface area contributed by atoms with Crippen LogP contribution in [-0.4, -0.2) is 61.6 Å². The number of hydrogen-bond acceptors (Lipinski definition) is 6. The van der Waals surface area contributed by atoms with Gasteiger partial charge in [-0.1, -0.05) is 31.2 Å². The van der Waals surface area contributed by atoms with Crippen molar-refractivity contribution in [3.63, 3.8) is 0 Å². The quantitative estimate of drug-likeness (QED) is 0.594. The van der Waals surface area contributed by atoms with Gasteiger partial charge < -0.3 is 15.0 Å². The lowest BCUT2D eigenvalue weighted by Crippen LogP contribution is -2.51. The van der Waals surface area contributed by atoms with Crippen LogP contribution in [0.25, 0.3) is 0 Å². The van der Waals surface area contributed by atoms with Gasteiger partial charge in [0, 0.05) is 13.1 Å². The van der Waals surface area contributed by atoms with Crippen LogP contribution in [-0.2, 0) is 26.2 Å². The minimum absolute atomic E-state index is 0.0263. The van der Waals surface area contributed by atoms with Gasteiger partial charge in [-0.25, -0.2) is 12.7 Å². The minimum Gasteiger partial charge on any atom is -0.497 e. The third-order valence-electron chi connectivity index (χ3n) is 5.39. The zero-order chi connectivity index (χ0) is 24.2. The van der Waals surface area contributed by atoms with Gasteiger partial charge in [-0.15, -0.1) is 0 Å². The van der Waals surface area contributed by atoms with Crippen LogP contribution in [0.4, 0.5) is 0 Å². The maximum Gasteiger partial charge on any atom is 0.269 e. The zero-order valence-electron chi connectivity index (χ0n) is 18.8. The normalized spacial score (nSPS) is 15.0. The Morgan fingerprint density at radius 1 is 1.15 bits per heavy atom. The van der Waals surface area contributed by atoms with Gasteiger partial charge in [-0.3, -0.25) is 14.4 Å². The molecule has 0 saturated heterocycles. The molecule has 0 radical (unpaired) electrons. The second kappa shape index (κ2) is 10.0. The van der Waals surface area contributed by atoms with Gasteiger partial charge >= 0.3 is 0 Å². The standard InChI is InChI=1S/C23H27N3O6S/c1-4-12-24-22(28)16(2)25(14-17-8-7-9-18(13-17)32-3)21(27)15-26-23(29)19-10-5-6-11-20(19)33(26,30)31/h5-11,13,16H,4,12,14-15H2,1-3H3,(H,24,28)/t16-/m1/s1. The number of hydrogen-bond donors (Lipinski definition) is 1. The first kappa shape index (κ1) is 24.2. The minimum atomic E-state index is -4.15. The number of sulfonamides is 1. The number of nitrogens with zero attached hydrogens (tertiary/aromatic N) is 2. The van der Waals surface area contributed by atoms with Crippen LogP contribution in [0.3, 0.4) is 0 Å². The Hall–Kier alpha value is -3.40. The van der Waals surface area contributed by atoms with E-state index in [0.717, 1.165) is 6.42 Å². The first-order valence-corrected chi connectivity index (χ1v) is 12.0. The molecule has 0 saturated carbocycles. The van der Waals surface area contributed by atoms with Crippen molar-refractivity contribution in [2.24, 2.45) is 0 Å². The van der Waals surface area contributed by atoms with Gasteiger partial charge in [0.1, 0.15) is 23.2 Å². The van der Waals surface area contributed by atoms with Gasteiger partial charge in [-0.2, -0.15) is 0 Å². The van der Waals surface area contributed by atoms with E-state index < -0.39 is 34.4 Å². The van der Waals surface area contributed by atoms with Crippen LogP contribution in [0.15, 0.2) is 53.4 Å². The summed E-state index contributed by atoms with van der Waals surface area (Å²) in [5.41, 5.74) is 0.718. The number of benzene rings is 2. The first-order chi connectivity index (χ1) is 15.7. The van der Waals surface area contributed by atoms with E-state index in [2.05, 4.69) is 5.32 Å². The van der Waals surface area contributed by atoms with Crippen LogP contribution in [0.1, 0.15) is 36.2 Å². The molecule has 1 aliphatic heterocycles. The lowest BCUT2D eigenvalue weighted by Gasteiger charge is -2.30. The molecule has 176 valence electrons. The number of ether oxygens (including phenoxy) is 1. The Bertz CT molecular complexity index is 1160. The molecular weight excluding hydrogens is 446 g/mol. The average Bonchev–Trinajstić information content (AvgIpc) is 3.01. The molecule has 1 atom stereocenters. The van der Waals surface area contributed by atoms with Gasteiger partial charge in [0.2, 0.25) is 11.8 Å². The summed E-state index contributed by atoms with van der Waals surface area (Å²) >= 11 is 0. The van der Waals surface area contributed by atoms with Crippen LogP contribution in [0, 0.1) is 0 Å². The van der Waals surface area contributed by atoms with Crippen molar-refractivity contribution in [1.82, 2.24) is 14.5 Å². The number of fused-ring (bicyclic) bond motifs is 1. The molecule has 10 heteroatoms. The summed E-state index contributed by atoms with van der Waals surface area (Å²) in [6, 6.07) is 11.9. The monoisotopic (exact) mass is 473 g/mol. The molecule has 3 rings (SSSR count). The number of carbonyl (C=O) groups is 3. The molecule has 3 amide bonds. The third-order valence-corrected chi connectivity index (χ3v) is 7.18. The summed E-state index contributed by atoms with van der Waals surface area (Å²) in [7, 11) is -2.63. The van der Waals surface area contributed by atoms with E-state index in [1.54, 1.807) is 37.3 Å². The molecule has 1 aliphatic rings. The molecule has 0 aromatic heterocycles. The van der Waals surface area contributed by atoms with E-state index in [1.807, 2.05) is 6.92 Å². The Kier molecular flexibility index (Phi) is 7.37.